The third kappa shape index (κ3) is 4.96. The summed E-state index contributed by atoms with van der Waals surface area (Å²) in [7, 11) is 0. The molecule has 0 aliphatic rings. The van der Waals surface area contributed by atoms with Crippen LogP contribution in [0.15, 0.2) is 24.3 Å². The maximum absolute atomic E-state index is 12.6. The number of amides is 2. The van der Waals surface area contributed by atoms with E-state index in [1.54, 1.807) is 12.1 Å². The van der Waals surface area contributed by atoms with E-state index in [4.69, 9.17) is 0 Å². The van der Waals surface area contributed by atoms with Crippen LogP contribution in [0.25, 0.3) is 0 Å². The number of nitrogens with zero attached hydrogens (tertiary/aromatic N) is 1. The Hall–Kier alpha value is -2.28. The summed E-state index contributed by atoms with van der Waals surface area (Å²) in [5, 5.41) is 1.33. The molecule has 0 radical (unpaired) electrons. The van der Waals surface area contributed by atoms with Crippen LogP contribution in [0.1, 0.15) is 50.0 Å². The zero-order valence-corrected chi connectivity index (χ0v) is 13.3. The average molecular weight is 286 g/mol. The van der Waals surface area contributed by atoms with Gasteiger partial charge in [-0.05, 0) is 45.7 Å². The van der Waals surface area contributed by atoms with E-state index in [1.807, 2.05) is 46.8 Å². The van der Waals surface area contributed by atoms with E-state index in [0.717, 1.165) is 5.56 Å². The predicted molar refractivity (Wildman–Crippen MR) is 83.3 cm³/mol. The summed E-state index contributed by atoms with van der Waals surface area (Å²) in [6.07, 6.45) is 0.592. The maximum atomic E-state index is 12.6. The fraction of sp³-hybridized carbons (Fsp3) is 0.412. The Balaban J connectivity index is 3.03. The highest BCUT2D eigenvalue weighted by atomic mass is 16.2. The number of benzene rings is 1. The lowest BCUT2D eigenvalue weighted by Gasteiger charge is -2.34. The highest BCUT2D eigenvalue weighted by molar-refractivity contribution is 5.99. The molecule has 21 heavy (non-hydrogen) atoms. The summed E-state index contributed by atoms with van der Waals surface area (Å²) in [6, 6.07) is 7.27. The molecule has 0 unspecified atom stereocenters. The highest BCUT2D eigenvalue weighted by Crippen LogP contribution is 2.15. The molecule has 4 nitrogen and oxygen atoms in total. The van der Waals surface area contributed by atoms with Gasteiger partial charge in [0.2, 0.25) is 0 Å². The summed E-state index contributed by atoms with van der Waals surface area (Å²) in [4.78, 5) is 24.4. The maximum Gasteiger partial charge on any atom is 0.314 e. The largest absolute Gasteiger partial charge is 0.314 e. The van der Waals surface area contributed by atoms with Crippen molar-refractivity contribution < 1.29 is 9.59 Å². The molecule has 0 aliphatic carbocycles. The van der Waals surface area contributed by atoms with Crippen LogP contribution in [0.4, 0.5) is 0 Å². The number of hydrogen-bond acceptors (Lipinski definition) is 2. The third-order valence-electron chi connectivity index (χ3n) is 2.73. The minimum atomic E-state index is -0.551. The Morgan fingerprint density at radius 3 is 2.48 bits per heavy atom. The van der Waals surface area contributed by atoms with Gasteiger partial charge in [0.25, 0.3) is 5.91 Å². The first-order valence-electron chi connectivity index (χ1n) is 6.96. The second-order valence-electron chi connectivity index (χ2n) is 5.78. The van der Waals surface area contributed by atoms with Crippen molar-refractivity contribution in [1.29, 1.82) is 0 Å². The fourth-order valence-corrected chi connectivity index (χ4v) is 1.73. The second-order valence-corrected chi connectivity index (χ2v) is 5.78. The molecule has 112 valence electrons. The molecule has 2 amide bonds. The highest BCUT2D eigenvalue weighted by Gasteiger charge is 2.28. The summed E-state index contributed by atoms with van der Waals surface area (Å²) in [5.74, 6) is 4.42. The van der Waals surface area contributed by atoms with Gasteiger partial charge >= 0.3 is 5.91 Å². The van der Waals surface area contributed by atoms with Crippen LogP contribution in [0.5, 0.6) is 0 Å². The van der Waals surface area contributed by atoms with Crippen molar-refractivity contribution in [3.63, 3.8) is 0 Å². The molecular formula is C17H22N2O2. The first kappa shape index (κ1) is 16.8. The van der Waals surface area contributed by atoms with Crippen LogP contribution in [-0.4, -0.2) is 22.4 Å². The fourth-order valence-electron chi connectivity index (χ4n) is 1.73. The van der Waals surface area contributed by atoms with Gasteiger partial charge in [-0.15, -0.1) is 0 Å². The van der Waals surface area contributed by atoms with E-state index in [-0.39, 0.29) is 5.91 Å². The zero-order valence-electron chi connectivity index (χ0n) is 13.3. The first-order chi connectivity index (χ1) is 9.75. The molecule has 0 saturated heterocycles. The molecule has 0 heterocycles. The van der Waals surface area contributed by atoms with Crippen molar-refractivity contribution >= 4 is 11.8 Å². The van der Waals surface area contributed by atoms with Crippen molar-refractivity contribution in [2.75, 3.05) is 0 Å². The van der Waals surface area contributed by atoms with E-state index in [0.29, 0.717) is 12.0 Å². The smallest absolute Gasteiger partial charge is 0.267 e. The molecule has 0 aliphatic heterocycles. The molecule has 4 heteroatoms. The van der Waals surface area contributed by atoms with E-state index in [1.165, 1.54) is 5.01 Å². The quantitative estimate of drug-likeness (QED) is 0.637. The van der Waals surface area contributed by atoms with Crippen LogP contribution >= 0.6 is 0 Å². The number of carbonyl (C=O) groups excluding carboxylic acids is 2. The first-order valence-corrected chi connectivity index (χ1v) is 6.96. The molecule has 0 spiro atoms. The molecule has 1 rings (SSSR count). The lowest BCUT2D eigenvalue weighted by Crippen LogP contribution is -2.55. The van der Waals surface area contributed by atoms with Crippen molar-refractivity contribution in [3.8, 4) is 11.8 Å². The number of hydrazine groups is 1. The second kappa shape index (κ2) is 6.94. The molecule has 1 aromatic rings. The SMILES string of the molecule is CCC#CC(=O)NN(C(=O)c1cccc(C)c1)C(C)(C)C. The van der Waals surface area contributed by atoms with Crippen LogP contribution in [0.3, 0.4) is 0 Å². The summed E-state index contributed by atoms with van der Waals surface area (Å²) in [6.45, 7) is 9.35. The van der Waals surface area contributed by atoms with E-state index in [9.17, 15) is 9.59 Å². The number of aryl methyl sites for hydroxylation is 1. The van der Waals surface area contributed by atoms with Crippen LogP contribution < -0.4 is 5.43 Å². The Labute approximate surface area is 126 Å². The van der Waals surface area contributed by atoms with Crippen molar-refractivity contribution in [1.82, 2.24) is 10.4 Å². The van der Waals surface area contributed by atoms with Crippen molar-refractivity contribution in [2.24, 2.45) is 0 Å². The van der Waals surface area contributed by atoms with Crippen LogP contribution in [-0.2, 0) is 4.79 Å². The average Bonchev–Trinajstić information content (AvgIpc) is 2.40. The molecule has 0 fully saturated rings. The van der Waals surface area contributed by atoms with Gasteiger partial charge in [0.15, 0.2) is 0 Å². The topological polar surface area (TPSA) is 49.4 Å². The summed E-state index contributed by atoms with van der Waals surface area (Å²) in [5.41, 5.74) is 3.56. The Bertz CT molecular complexity index is 589. The summed E-state index contributed by atoms with van der Waals surface area (Å²) < 4.78 is 0. The van der Waals surface area contributed by atoms with Gasteiger partial charge in [0, 0.05) is 12.0 Å². The van der Waals surface area contributed by atoms with Gasteiger partial charge < -0.3 is 0 Å². The van der Waals surface area contributed by atoms with E-state index >= 15 is 0 Å². The lowest BCUT2D eigenvalue weighted by molar-refractivity contribution is -0.121. The lowest BCUT2D eigenvalue weighted by atomic mass is 10.1. The molecule has 0 bridgehead atoms. The van der Waals surface area contributed by atoms with Crippen molar-refractivity contribution in [3.05, 3.63) is 35.4 Å². The standard InChI is InChI=1S/C17H22N2O2/c1-6-7-11-15(20)18-19(17(3,4)5)16(21)14-10-8-9-13(2)12-14/h8-10,12H,6H2,1-5H3,(H,18,20). The number of rotatable bonds is 1. The third-order valence-corrected chi connectivity index (χ3v) is 2.73. The summed E-state index contributed by atoms with van der Waals surface area (Å²) >= 11 is 0. The van der Waals surface area contributed by atoms with Gasteiger partial charge in [0.05, 0.1) is 5.54 Å². The molecule has 1 N–H and O–H groups in total. The number of carbonyl (C=O) groups is 2. The van der Waals surface area contributed by atoms with Gasteiger partial charge in [-0.3, -0.25) is 15.0 Å². The number of nitrogens with one attached hydrogen (secondary N) is 1. The van der Waals surface area contributed by atoms with Crippen LogP contribution in [0.2, 0.25) is 0 Å². The minimum Gasteiger partial charge on any atom is -0.267 e. The van der Waals surface area contributed by atoms with Crippen molar-refractivity contribution in [2.45, 2.75) is 46.6 Å². The molecule has 1 aromatic carbocycles. The van der Waals surface area contributed by atoms with E-state index < -0.39 is 11.4 Å². The Morgan fingerprint density at radius 2 is 1.95 bits per heavy atom. The molecule has 0 aromatic heterocycles. The molecule has 0 atom stereocenters. The van der Waals surface area contributed by atoms with Gasteiger partial charge in [-0.25, -0.2) is 5.01 Å². The molecular weight excluding hydrogens is 264 g/mol. The van der Waals surface area contributed by atoms with Crippen LogP contribution in [0, 0.1) is 18.8 Å². The zero-order chi connectivity index (χ0) is 16.0. The van der Waals surface area contributed by atoms with Gasteiger partial charge in [-0.2, -0.15) is 0 Å². The van der Waals surface area contributed by atoms with E-state index in [2.05, 4.69) is 17.3 Å². The Morgan fingerprint density at radius 1 is 1.29 bits per heavy atom. The van der Waals surface area contributed by atoms with Gasteiger partial charge in [-0.1, -0.05) is 30.5 Å². The minimum absolute atomic E-state index is 0.252. The Kier molecular flexibility index (Phi) is 5.54. The predicted octanol–water partition coefficient (Wildman–Crippen LogP) is 2.68. The monoisotopic (exact) mass is 286 g/mol. The van der Waals surface area contributed by atoms with Gasteiger partial charge in [0.1, 0.15) is 0 Å². The number of hydrogen-bond donors (Lipinski definition) is 1. The molecule has 0 saturated carbocycles. The normalized spacial score (nSPS) is 10.3.